The third-order valence-corrected chi connectivity index (χ3v) is 3.68. The van der Waals surface area contributed by atoms with Gasteiger partial charge in [0.2, 0.25) is 0 Å². The summed E-state index contributed by atoms with van der Waals surface area (Å²) in [5.74, 6) is -0.108. The van der Waals surface area contributed by atoms with Crippen molar-refractivity contribution in [2.75, 3.05) is 14.2 Å². The quantitative estimate of drug-likeness (QED) is 0.905. The molecule has 2 aromatic carbocycles. The van der Waals surface area contributed by atoms with Gasteiger partial charge in [-0.05, 0) is 58.9 Å². The first kappa shape index (κ1) is 14.9. The second-order valence-electron chi connectivity index (χ2n) is 4.28. The molecule has 0 spiro atoms. The maximum atomic E-state index is 13.5. The maximum absolute atomic E-state index is 13.5. The van der Waals surface area contributed by atoms with Gasteiger partial charge in [-0.1, -0.05) is 6.07 Å². The molecule has 5 heteroatoms. The standard InChI is InChI=1S/C15H14BrF2NO/c1-19-15(9-3-5-13(18)12(16)7-9)11-8-10(17)4-6-14(11)20-2/h3-8,15,19H,1-2H3. The molecule has 20 heavy (non-hydrogen) atoms. The average molecular weight is 342 g/mol. The molecule has 0 fully saturated rings. The second kappa shape index (κ2) is 6.33. The van der Waals surface area contributed by atoms with Gasteiger partial charge < -0.3 is 10.1 Å². The van der Waals surface area contributed by atoms with Crippen molar-refractivity contribution in [2.24, 2.45) is 0 Å². The third-order valence-electron chi connectivity index (χ3n) is 3.07. The number of rotatable bonds is 4. The number of benzene rings is 2. The van der Waals surface area contributed by atoms with Crippen molar-refractivity contribution in [1.82, 2.24) is 5.32 Å². The van der Waals surface area contributed by atoms with E-state index in [2.05, 4.69) is 21.2 Å². The minimum atomic E-state index is -0.345. The molecule has 0 aliphatic rings. The van der Waals surface area contributed by atoms with Crippen molar-refractivity contribution in [3.63, 3.8) is 0 Å². The highest BCUT2D eigenvalue weighted by molar-refractivity contribution is 9.10. The Morgan fingerprint density at radius 2 is 1.90 bits per heavy atom. The molecule has 0 heterocycles. The van der Waals surface area contributed by atoms with Gasteiger partial charge >= 0.3 is 0 Å². The Kier molecular flexibility index (Phi) is 4.73. The number of methoxy groups -OCH3 is 1. The Morgan fingerprint density at radius 1 is 1.15 bits per heavy atom. The smallest absolute Gasteiger partial charge is 0.137 e. The molecule has 0 radical (unpaired) electrons. The highest BCUT2D eigenvalue weighted by atomic mass is 79.9. The fourth-order valence-electron chi connectivity index (χ4n) is 2.12. The lowest BCUT2D eigenvalue weighted by atomic mass is 9.98. The Labute approximate surface area is 124 Å². The molecular formula is C15H14BrF2NO. The Balaban J connectivity index is 2.51. The summed E-state index contributed by atoms with van der Waals surface area (Å²) in [6.07, 6.45) is 0. The minimum Gasteiger partial charge on any atom is -0.496 e. The van der Waals surface area contributed by atoms with Crippen LogP contribution in [0.3, 0.4) is 0 Å². The molecule has 0 bridgehead atoms. The third kappa shape index (κ3) is 2.99. The van der Waals surface area contributed by atoms with Crippen LogP contribution in [0, 0.1) is 11.6 Å². The first-order valence-electron chi connectivity index (χ1n) is 6.02. The Hall–Kier alpha value is -1.46. The molecule has 1 N–H and O–H groups in total. The van der Waals surface area contributed by atoms with Gasteiger partial charge in [0, 0.05) is 5.56 Å². The van der Waals surface area contributed by atoms with Gasteiger partial charge in [-0.3, -0.25) is 0 Å². The molecule has 1 atom stereocenters. The molecule has 1 unspecified atom stereocenters. The van der Waals surface area contributed by atoms with Gasteiger partial charge in [0.15, 0.2) is 0 Å². The predicted octanol–water partition coefficient (Wildman–Crippen LogP) is 4.04. The van der Waals surface area contributed by atoms with Crippen LogP contribution in [-0.2, 0) is 0 Å². The molecule has 2 aromatic rings. The van der Waals surface area contributed by atoms with E-state index in [9.17, 15) is 8.78 Å². The van der Waals surface area contributed by atoms with Crippen LogP contribution in [0.5, 0.6) is 5.75 Å². The molecule has 0 saturated carbocycles. The van der Waals surface area contributed by atoms with E-state index in [1.807, 2.05) is 0 Å². The fourth-order valence-corrected chi connectivity index (χ4v) is 2.52. The van der Waals surface area contributed by atoms with Crippen LogP contribution in [0.25, 0.3) is 0 Å². The zero-order valence-electron chi connectivity index (χ0n) is 11.1. The summed E-state index contributed by atoms with van der Waals surface area (Å²) >= 11 is 3.16. The Morgan fingerprint density at radius 3 is 2.50 bits per heavy atom. The lowest BCUT2D eigenvalue weighted by Gasteiger charge is -2.20. The monoisotopic (exact) mass is 341 g/mol. The second-order valence-corrected chi connectivity index (χ2v) is 5.14. The van der Waals surface area contributed by atoms with Crippen molar-refractivity contribution < 1.29 is 13.5 Å². The van der Waals surface area contributed by atoms with Gasteiger partial charge in [0.25, 0.3) is 0 Å². The maximum Gasteiger partial charge on any atom is 0.137 e. The predicted molar refractivity (Wildman–Crippen MR) is 78.0 cm³/mol. The van der Waals surface area contributed by atoms with Crippen molar-refractivity contribution in [1.29, 1.82) is 0 Å². The first-order chi connectivity index (χ1) is 9.56. The number of hydrogen-bond donors (Lipinski definition) is 1. The summed E-state index contributed by atoms with van der Waals surface area (Å²) in [4.78, 5) is 0. The van der Waals surface area contributed by atoms with Crippen LogP contribution in [0.4, 0.5) is 8.78 Å². The van der Waals surface area contributed by atoms with Gasteiger partial charge in [0.05, 0.1) is 17.6 Å². The van der Waals surface area contributed by atoms with E-state index < -0.39 is 0 Å². The first-order valence-corrected chi connectivity index (χ1v) is 6.81. The van der Waals surface area contributed by atoms with E-state index in [-0.39, 0.29) is 17.7 Å². The summed E-state index contributed by atoms with van der Waals surface area (Å²) in [5.41, 5.74) is 1.47. The molecule has 0 amide bonds. The van der Waals surface area contributed by atoms with Crippen molar-refractivity contribution in [3.8, 4) is 5.75 Å². The lowest BCUT2D eigenvalue weighted by Crippen LogP contribution is -2.18. The molecule has 0 aliphatic heterocycles. The van der Waals surface area contributed by atoms with E-state index in [0.717, 1.165) is 5.56 Å². The summed E-state index contributed by atoms with van der Waals surface area (Å²) < 4.78 is 32.4. The van der Waals surface area contributed by atoms with E-state index in [4.69, 9.17) is 4.74 Å². The number of halogens is 3. The van der Waals surface area contributed by atoms with Crippen LogP contribution >= 0.6 is 15.9 Å². The number of hydrogen-bond acceptors (Lipinski definition) is 2. The van der Waals surface area contributed by atoms with Crippen molar-refractivity contribution in [3.05, 3.63) is 63.6 Å². The summed E-state index contributed by atoms with van der Waals surface area (Å²) in [5, 5.41) is 3.09. The lowest BCUT2D eigenvalue weighted by molar-refractivity contribution is 0.404. The SMILES string of the molecule is CNC(c1ccc(F)c(Br)c1)c1cc(F)ccc1OC. The molecule has 2 nitrogen and oxygen atoms in total. The molecule has 0 aromatic heterocycles. The van der Waals surface area contributed by atoms with Crippen molar-refractivity contribution in [2.45, 2.75) is 6.04 Å². The average Bonchev–Trinajstić information content (AvgIpc) is 2.44. The normalized spacial score (nSPS) is 12.2. The van der Waals surface area contributed by atoms with E-state index in [0.29, 0.717) is 15.8 Å². The van der Waals surface area contributed by atoms with Gasteiger partial charge in [-0.25, -0.2) is 8.78 Å². The highest BCUT2D eigenvalue weighted by Crippen LogP contribution is 2.32. The fraction of sp³-hybridized carbons (Fsp3) is 0.200. The highest BCUT2D eigenvalue weighted by Gasteiger charge is 2.18. The number of ether oxygens (including phenoxy) is 1. The van der Waals surface area contributed by atoms with Crippen LogP contribution in [-0.4, -0.2) is 14.2 Å². The molecule has 2 rings (SSSR count). The molecule has 0 aliphatic carbocycles. The van der Waals surface area contributed by atoms with Crippen LogP contribution in [0.2, 0.25) is 0 Å². The van der Waals surface area contributed by atoms with E-state index >= 15 is 0 Å². The van der Waals surface area contributed by atoms with Gasteiger partial charge in [0.1, 0.15) is 17.4 Å². The van der Waals surface area contributed by atoms with E-state index in [1.165, 1.54) is 25.3 Å². The summed E-state index contributed by atoms with van der Waals surface area (Å²) in [6.45, 7) is 0. The zero-order chi connectivity index (χ0) is 14.7. The van der Waals surface area contributed by atoms with Crippen LogP contribution in [0.15, 0.2) is 40.9 Å². The van der Waals surface area contributed by atoms with Crippen LogP contribution in [0.1, 0.15) is 17.2 Å². The summed E-state index contributed by atoms with van der Waals surface area (Å²) in [6, 6.07) is 8.74. The minimum absolute atomic E-state index is 0.294. The summed E-state index contributed by atoms with van der Waals surface area (Å²) in [7, 11) is 3.29. The topological polar surface area (TPSA) is 21.3 Å². The van der Waals surface area contributed by atoms with Gasteiger partial charge in [-0.2, -0.15) is 0 Å². The largest absolute Gasteiger partial charge is 0.496 e. The van der Waals surface area contributed by atoms with Crippen molar-refractivity contribution >= 4 is 15.9 Å². The van der Waals surface area contributed by atoms with E-state index in [1.54, 1.807) is 25.2 Å². The molecule has 106 valence electrons. The zero-order valence-corrected chi connectivity index (χ0v) is 12.7. The molecular weight excluding hydrogens is 328 g/mol. The van der Waals surface area contributed by atoms with Gasteiger partial charge in [-0.15, -0.1) is 0 Å². The number of nitrogens with one attached hydrogen (secondary N) is 1. The molecule has 0 saturated heterocycles. The van der Waals surface area contributed by atoms with Crippen LogP contribution < -0.4 is 10.1 Å². The Bertz CT molecular complexity index is 619.